The smallest absolute Gasteiger partial charge is 0.0639 e. The van der Waals surface area contributed by atoms with E-state index < -0.39 is 0 Å². The van der Waals surface area contributed by atoms with Gasteiger partial charge in [0, 0.05) is 0 Å². The van der Waals surface area contributed by atoms with Gasteiger partial charge in [-0.3, -0.25) is 0 Å². The lowest BCUT2D eigenvalue weighted by atomic mass is 10.0. The quantitative estimate of drug-likeness (QED) is 0.0786. The number of rotatable bonds is 25. The minimum atomic E-state index is 0.172. The molecule has 0 saturated heterocycles. The standard InChI is InChI=1S/C45H74O/c1-37(2)20-15-25-40(5)28-16-26-38(3)21-11-12-23-43(8)34-35-44(9)33-19-32-42(7)31-18-30-41(6)29-17-27-39(4)22-13-14-24-45(10)36-46/h20-24,28-29,31,33,46H,11-19,25-27,30,32,34-36H2,1-10H3/b38-21+,39-22+,40-28+,41-29+,42-31+,43-23+,44-33+,45-24+. The van der Waals surface area contributed by atoms with E-state index in [2.05, 4.69) is 117 Å². The molecule has 0 bridgehead atoms. The predicted molar refractivity (Wildman–Crippen MR) is 210 cm³/mol. The number of allylic oxidation sites excluding steroid dienone is 17. The summed E-state index contributed by atoms with van der Waals surface area (Å²) in [5, 5.41) is 9.07. The molecule has 0 amide bonds. The van der Waals surface area contributed by atoms with Gasteiger partial charge >= 0.3 is 0 Å². The minimum Gasteiger partial charge on any atom is -0.392 e. The van der Waals surface area contributed by atoms with Crippen LogP contribution in [0.15, 0.2) is 105 Å². The van der Waals surface area contributed by atoms with E-state index in [-0.39, 0.29) is 6.61 Å². The molecule has 0 heterocycles. The van der Waals surface area contributed by atoms with Crippen molar-refractivity contribution in [3.05, 3.63) is 105 Å². The average molecular weight is 631 g/mol. The number of hydrogen-bond acceptors (Lipinski definition) is 1. The van der Waals surface area contributed by atoms with Gasteiger partial charge < -0.3 is 5.11 Å². The highest BCUT2D eigenvalue weighted by Crippen LogP contribution is 2.17. The lowest BCUT2D eigenvalue weighted by Crippen LogP contribution is -1.84. The highest BCUT2D eigenvalue weighted by molar-refractivity contribution is 5.10. The van der Waals surface area contributed by atoms with Crippen LogP contribution in [0.5, 0.6) is 0 Å². The Bertz CT molecular complexity index is 1100. The second-order valence-electron chi connectivity index (χ2n) is 14.2. The highest BCUT2D eigenvalue weighted by atomic mass is 16.3. The molecule has 0 saturated carbocycles. The lowest BCUT2D eigenvalue weighted by molar-refractivity contribution is 0.331. The van der Waals surface area contributed by atoms with Crippen LogP contribution in [-0.2, 0) is 0 Å². The maximum absolute atomic E-state index is 9.07. The third-order valence-electron chi connectivity index (χ3n) is 8.68. The molecule has 260 valence electrons. The molecular weight excluding hydrogens is 556 g/mol. The van der Waals surface area contributed by atoms with Crippen molar-refractivity contribution in [2.24, 2.45) is 0 Å². The van der Waals surface area contributed by atoms with Gasteiger partial charge in [-0.2, -0.15) is 0 Å². The van der Waals surface area contributed by atoms with Gasteiger partial charge in [0.1, 0.15) is 0 Å². The minimum absolute atomic E-state index is 0.172. The highest BCUT2D eigenvalue weighted by Gasteiger charge is 1.97. The zero-order valence-electron chi connectivity index (χ0n) is 32.2. The van der Waals surface area contributed by atoms with Crippen molar-refractivity contribution in [1.82, 2.24) is 0 Å². The summed E-state index contributed by atoms with van der Waals surface area (Å²) in [5.41, 5.74) is 13.1. The molecule has 0 aliphatic heterocycles. The van der Waals surface area contributed by atoms with Crippen LogP contribution in [0.4, 0.5) is 0 Å². The summed E-state index contributed by atoms with van der Waals surface area (Å²) in [6.07, 6.45) is 39.8. The van der Waals surface area contributed by atoms with Gasteiger partial charge in [0.2, 0.25) is 0 Å². The van der Waals surface area contributed by atoms with Gasteiger partial charge in [0.05, 0.1) is 6.61 Å². The van der Waals surface area contributed by atoms with Gasteiger partial charge in [-0.15, -0.1) is 0 Å². The van der Waals surface area contributed by atoms with Crippen molar-refractivity contribution in [3.63, 3.8) is 0 Å². The molecule has 0 aromatic heterocycles. The van der Waals surface area contributed by atoms with Gasteiger partial charge in [0.15, 0.2) is 0 Å². The number of aliphatic hydroxyl groups excluding tert-OH is 1. The number of hydrogen-bond donors (Lipinski definition) is 1. The fraction of sp³-hybridized carbons (Fsp3) is 0.600. The molecule has 0 rings (SSSR count). The molecule has 0 spiro atoms. The first-order valence-corrected chi connectivity index (χ1v) is 18.4. The van der Waals surface area contributed by atoms with Crippen molar-refractivity contribution in [1.29, 1.82) is 0 Å². The zero-order chi connectivity index (χ0) is 34.6. The normalized spacial score (nSPS) is 14.8. The Kier molecular flexibility index (Phi) is 27.3. The van der Waals surface area contributed by atoms with Gasteiger partial charge in [-0.05, 0) is 172 Å². The lowest BCUT2D eigenvalue weighted by Gasteiger charge is -2.05. The Balaban J connectivity index is 4.21. The third-order valence-corrected chi connectivity index (χ3v) is 8.68. The van der Waals surface area contributed by atoms with Gasteiger partial charge in [0.25, 0.3) is 0 Å². The van der Waals surface area contributed by atoms with E-state index in [1.165, 1.54) is 89.5 Å². The molecule has 1 nitrogen and oxygen atoms in total. The van der Waals surface area contributed by atoms with E-state index in [0.29, 0.717) is 0 Å². The SMILES string of the molecule is CC(C)=CCC/C(C)=C/CC/C(C)=C/CC/C=C(\C)CC/C(C)=C/CC/C(C)=C/CC/C(C)=C/CC/C(C)=C/CC/C=C(\C)CO. The van der Waals surface area contributed by atoms with Crippen LogP contribution in [0.1, 0.15) is 172 Å². The van der Waals surface area contributed by atoms with E-state index in [1.807, 2.05) is 6.92 Å². The second kappa shape index (κ2) is 28.8. The largest absolute Gasteiger partial charge is 0.392 e. The van der Waals surface area contributed by atoms with E-state index in [4.69, 9.17) is 5.11 Å². The first-order chi connectivity index (χ1) is 21.9. The first-order valence-electron chi connectivity index (χ1n) is 18.4. The summed E-state index contributed by atoms with van der Waals surface area (Å²) in [4.78, 5) is 0. The van der Waals surface area contributed by atoms with E-state index >= 15 is 0 Å². The topological polar surface area (TPSA) is 20.2 Å². The fourth-order valence-electron chi connectivity index (χ4n) is 5.27. The summed E-state index contributed by atoms with van der Waals surface area (Å²) < 4.78 is 0. The molecule has 0 radical (unpaired) electrons. The Morgan fingerprint density at radius 3 is 0.761 bits per heavy atom. The Labute approximate surface area is 287 Å². The molecule has 0 atom stereocenters. The molecule has 46 heavy (non-hydrogen) atoms. The van der Waals surface area contributed by atoms with Crippen LogP contribution >= 0.6 is 0 Å². The van der Waals surface area contributed by atoms with Crippen molar-refractivity contribution >= 4 is 0 Å². The summed E-state index contributed by atoms with van der Waals surface area (Å²) in [5.74, 6) is 0. The molecule has 1 heteroatoms. The zero-order valence-corrected chi connectivity index (χ0v) is 32.2. The average Bonchev–Trinajstić information content (AvgIpc) is 3.00. The maximum Gasteiger partial charge on any atom is 0.0639 e. The van der Waals surface area contributed by atoms with E-state index in [9.17, 15) is 0 Å². The third kappa shape index (κ3) is 29.1. The van der Waals surface area contributed by atoms with Crippen LogP contribution in [0.25, 0.3) is 0 Å². The maximum atomic E-state index is 9.07. The molecular formula is C45H74O. The second-order valence-corrected chi connectivity index (χ2v) is 14.2. The first kappa shape index (κ1) is 43.6. The summed E-state index contributed by atoms with van der Waals surface area (Å²) in [7, 11) is 0. The van der Waals surface area contributed by atoms with Crippen LogP contribution < -0.4 is 0 Å². The van der Waals surface area contributed by atoms with Crippen LogP contribution in [0, 0.1) is 0 Å². The monoisotopic (exact) mass is 631 g/mol. The van der Waals surface area contributed by atoms with Crippen LogP contribution in [-0.4, -0.2) is 11.7 Å². The molecule has 0 aliphatic carbocycles. The summed E-state index contributed by atoms with van der Waals surface area (Å²) in [6, 6.07) is 0. The number of aliphatic hydroxyl groups is 1. The van der Waals surface area contributed by atoms with Crippen LogP contribution in [0.3, 0.4) is 0 Å². The van der Waals surface area contributed by atoms with Crippen molar-refractivity contribution in [2.75, 3.05) is 6.61 Å². The van der Waals surface area contributed by atoms with E-state index in [1.54, 1.807) is 0 Å². The Hall–Kier alpha value is -2.38. The van der Waals surface area contributed by atoms with Crippen molar-refractivity contribution in [2.45, 2.75) is 172 Å². The van der Waals surface area contributed by atoms with Crippen molar-refractivity contribution in [3.8, 4) is 0 Å². The molecule has 0 unspecified atom stereocenters. The molecule has 0 aliphatic rings. The van der Waals surface area contributed by atoms with Crippen LogP contribution in [0.2, 0.25) is 0 Å². The predicted octanol–water partition coefficient (Wildman–Crippen LogP) is 14.8. The fourth-order valence-corrected chi connectivity index (χ4v) is 5.27. The Morgan fingerprint density at radius 2 is 0.500 bits per heavy atom. The molecule has 0 aromatic carbocycles. The van der Waals surface area contributed by atoms with Gasteiger partial charge in [-0.1, -0.05) is 105 Å². The molecule has 0 fully saturated rings. The summed E-state index contributed by atoms with van der Waals surface area (Å²) >= 11 is 0. The summed E-state index contributed by atoms with van der Waals surface area (Å²) in [6.45, 7) is 22.5. The van der Waals surface area contributed by atoms with Crippen molar-refractivity contribution < 1.29 is 5.11 Å². The van der Waals surface area contributed by atoms with Gasteiger partial charge in [-0.25, -0.2) is 0 Å². The Morgan fingerprint density at radius 1 is 0.283 bits per heavy atom. The molecule has 1 N–H and O–H groups in total. The van der Waals surface area contributed by atoms with E-state index in [0.717, 1.165) is 63.4 Å². The molecule has 0 aromatic rings. The number of unbranched alkanes of at least 4 members (excludes halogenated alkanes) is 2.